The second-order valence-corrected chi connectivity index (χ2v) is 9.64. The fraction of sp³-hybridized carbons (Fsp3) is 0. The van der Waals surface area contributed by atoms with Gasteiger partial charge in [-0.3, -0.25) is 0 Å². The molecule has 0 radical (unpaired) electrons. The Balaban J connectivity index is 1.81. The van der Waals surface area contributed by atoms with Gasteiger partial charge in [-0.1, -0.05) is 153 Å². The van der Waals surface area contributed by atoms with E-state index in [1.807, 2.05) is 0 Å². The summed E-state index contributed by atoms with van der Waals surface area (Å²) in [5, 5.41) is -0.393. The van der Waals surface area contributed by atoms with E-state index in [-0.39, 0.29) is 38.8 Å². The predicted octanol–water partition coefficient (Wildman–Crippen LogP) is 12.8. The monoisotopic (exact) mass is 597 g/mol. The number of rotatable bonds is 8. The van der Waals surface area contributed by atoms with E-state index in [1.165, 1.54) is 12.1 Å². The SMILES string of the molecule is [2H]C=C([2H])/C([2H])=C(/[2H])C(=C[2H])c1ccc(-c2c(C([2H])=C[2H])c(C([2H])=C[2H])c(-c3c([2H])c([2H])c([2H])c(-c4cc([2H])c([2H])c([2H])c4[2H])c3[2H])c3c([2H])c([2H])c([2H])c([2H])c23)c2c1oc1ccccc12. The summed E-state index contributed by atoms with van der Waals surface area (Å²) >= 11 is 0. The molecule has 45 heavy (non-hydrogen) atoms. The van der Waals surface area contributed by atoms with E-state index in [4.69, 9.17) is 25.0 Å². The van der Waals surface area contributed by atoms with Gasteiger partial charge in [0.2, 0.25) is 0 Å². The van der Waals surface area contributed by atoms with Gasteiger partial charge in [0.15, 0.2) is 0 Å². The van der Waals surface area contributed by atoms with Crippen molar-refractivity contribution in [3.05, 3.63) is 176 Å². The first-order valence-electron chi connectivity index (χ1n) is 24.2. The first-order chi connectivity index (χ1) is 31.2. The van der Waals surface area contributed by atoms with E-state index in [2.05, 4.69) is 0 Å². The first-order valence-corrected chi connectivity index (χ1v) is 13.4. The Morgan fingerprint density at radius 2 is 1.49 bits per heavy atom. The summed E-state index contributed by atoms with van der Waals surface area (Å²) in [5.74, 6) is 0. The number of benzene rings is 6. The molecular weight excluding hydrogens is 544 g/mol. The molecule has 0 aliphatic heterocycles. The van der Waals surface area contributed by atoms with Crippen LogP contribution in [0.5, 0.6) is 0 Å². The molecule has 0 saturated heterocycles. The van der Waals surface area contributed by atoms with Crippen LogP contribution in [0.2, 0.25) is 0 Å². The van der Waals surface area contributed by atoms with Gasteiger partial charge in [-0.25, -0.2) is 0 Å². The molecule has 0 N–H and O–H groups in total. The van der Waals surface area contributed by atoms with Gasteiger partial charge in [-0.05, 0) is 79.0 Å². The number of para-hydroxylation sites is 1. The van der Waals surface area contributed by atoms with Crippen molar-refractivity contribution >= 4 is 50.4 Å². The maximum absolute atomic E-state index is 9.60. The maximum Gasteiger partial charge on any atom is 0.143 e. The highest BCUT2D eigenvalue weighted by molar-refractivity contribution is 6.21. The normalized spacial score (nSPS) is 20.3. The molecule has 0 atom stereocenters. The van der Waals surface area contributed by atoms with Gasteiger partial charge in [-0.15, -0.1) is 0 Å². The molecule has 7 rings (SSSR count). The lowest BCUT2D eigenvalue weighted by Gasteiger charge is -2.21. The zero-order chi connectivity index (χ0) is 48.5. The third-order valence-electron chi connectivity index (χ3n) is 7.27. The molecule has 1 nitrogen and oxygen atoms in total. The number of allylic oxidation sites excluding steroid dienone is 4. The van der Waals surface area contributed by atoms with Gasteiger partial charge < -0.3 is 4.42 Å². The van der Waals surface area contributed by atoms with Gasteiger partial charge in [0.05, 0.1) is 28.8 Å². The molecule has 0 amide bonds. The second-order valence-electron chi connectivity index (χ2n) is 9.64. The minimum atomic E-state index is -0.882. The molecule has 1 heteroatoms. The summed E-state index contributed by atoms with van der Waals surface area (Å²) in [6.45, 7) is 2.39. The summed E-state index contributed by atoms with van der Waals surface area (Å²) in [6, 6.07) is -2.46. The molecule has 0 spiro atoms. The molecule has 0 saturated carbocycles. The Bertz CT molecular complexity index is 3430. The van der Waals surface area contributed by atoms with Crippen LogP contribution >= 0.6 is 0 Å². The van der Waals surface area contributed by atoms with Gasteiger partial charge in [-0.2, -0.15) is 0 Å². The summed E-state index contributed by atoms with van der Waals surface area (Å²) < 4.78 is 189. The summed E-state index contributed by atoms with van der Waals surface area (Å²) in [7, 11) is 0. The van der Waals surface area contributed by atoms with Crippen molar-refractivity contribution in [3.8, 4) is 33.4 Å². The zero-order valence-corrected chi connectivity index (χ0v) is 23.3. The van der Waals surface area contributed by atoms with Crippen molar-refractivity contribution in [2.24, 2.45) is 0 Å². The van der Waals surface area contributed by atoms with E-state index < -0.39 is 147 Å². The quantitative estimate of drug-likeness (QED) is 0.159. The van der Waals surface area contributed by atoms with E-state index in [0.717, 1.165) is 12.6 Å². The van der Waals surface area contributed by atoms with Crippen molar-refractivity contribution in [3.63, 3.8) is 0 Å². The van der Waals surface area contributed by atoms with Crippen LogP contribution in [0.1, 0.15) is 45.5 Å². The van der Waals surface area contributed by atoms with Crippen molar-refractivity contribution in [1.82, 2.24) is 0 Å². The smallest absolute Gasteiger partial charge is 0.143 e. The summed E-state index contributed by atoms with van der Waals surface area (Å²) in [6.07, 6.45) is 0. The van der Waals surface area contributed by atoms with E-state index in [0.29, 0.717) is 25.1 Å². The topological polar surface area (TPSA) is 13.1 Å². The van der Waals surface area contributed by atoms with Crippen molar-refractivity contribution in [1.29, 1.82) is 0 Å². The largest absolute Gasteiger partial charge is 0.455 e. The Labute approximate surface area is 293 Å². The molecule has 0 aliphatic rings. The van der Waals surface area contributed by atoms with Crippen LogP contribution in [0.25, 0.3) is 83.8 Å². The number of furan rings is 1. The number of hydrogen-bond acceptors (Lipinski definition) is 1. The van der Waals surface area contributed by atoms with Crippen LogP contribution in [-0.4, -0.2) is 0 Å². The van der Waals surface area contributed by atoms with Gasteiger partial charge >= 0.3 is 0 Å². The Morgan fingerprint density at radius 3 is 2.33 bits per heavy atom. The standard InChI is InChI=1S/C44H32O/c1-5-8-17-29(4)35-26-27-39(43-38-24-14-15-25-40(38)45-44(35)43)42-34(7-3)33(6-2)41(36-22-12-13-23-37(36)42)32-21-16-20-31(28-32)30-18-10-9-11-19-30/h5-28H,1-4H2/b17-8-/i1D,2D,3D,4D,5D,6D,7D,8D,9D,10D,11D,12D,13D,16D,17D,18D,20D,21D,22D,23D,28D/b5-1?,6-2?,7-3?,17-8-,29-4?. The molecule has 0 fully saturated rings. The van der Waals surface area contributed by atoms with E-state index in [1.54, 1.807) is 24.3 Å². The van der Waals surface area contributed by atoms with Crippen LogP contribution in [0.4, 0.5) is 0 Å². The minimum absolute atomic E-state index is 0.0277. The van der Waals surface area contributed by atoms with E-state index in [9.17, 15) is 8.22 Å². The molecule has 0 bridgehead atoms. The van der Waals surface area contributed by atoms with Crippen LogP contribution in [0.3, 0.4) is 0 Å². The third kappa shape index (κ3) is 4.67. The predicted molar refractivity (Wildman–Crippen MR) is 196 cm³/mol. The van der Waals surface area contributed by atoms with Crippen molar-refractivity contribution in [2.75, 3.05) is 0 Å². The summed E-state index contributed by atoms with van der Waals surface area (Å²) in [5.41, 5.74) is -3.37. The third-order valence-corrected chi connectivity index (χ3v) is 7.27. The zero-order valence-electron chi connectivity index (χ0n) is 44.3. The van der Waals surface area contributed by atoms with Gasteiger partial charge in [0, 0.05) is 16.3 Å². The highest BCUT2D eigenvalue weighted by Gasteiger charge is 2.23. The first kappa shape index (κ1) is 13.0. The van der Waals surface area contributed by atoms with Crippen molar-refractivity contribution < 1.29 is 33.2 Å². The number of hydrogen-bond donors (Lipinski definition) is 0. The van der Waals surface area contributed by atoms with Crippen LogP contribution in [0, 0.1) is 0 Å². The van der Waals surface area contributed by atoms with Gasteiger partial charge in [0.1, 0.15) is 11.2 Å². The lowest BCUT2D eigenvalue weighted by molar-refractivity contribution is 0.668. The van der Waals surface area contributed by atoms with E-state index >= 15 is 0 Å². The average Bonchev–Trinajstić information content (AvgIpc) is 3.71. The van der Waals surface area contributed by atoms with Crippen LogP contribution < -0.4 is 0 Å². The molecule has 1 heterocycles. The van der Waals surface area contributed by atoms with Crippen LogP contribution in [-0.2, 0) is 0 Å². The maximum atomic E-state index is 9.60. The Morgan fingerprint density at radius 1 is 0.711 bits per heavy atom. The van der Waals surface area contributed by atoms with Gasteiger partial charge in [0.25, 0.3) is 0 Å². The fourth-order valence-corrected chi connectivity index (χ4v) is 5.43. The molecule has 214 valence electrons. The average molecular weight is 598 g/mol. The number of fused-ring (bicyclic) bond motifs is 4. The Hall–Kier alpha value is -5.92. The van der Waals surface area contributed by atoms with Crippen LogP contribution in [0.15, 0.2) is 164 Å². The molecule has 1 aromatic heterocycles. The Kier molecular flexibility index (Phi) is 3.36. The summed E-state index contributed by atoms with van der Waals surface area (Å²) in [4.78, 5) is 0. The molecule has 7 aromatic rings. The minimum Gasteiger partial charge on any atom is -0.455 e. The highest BCUT2D eigenvalue weighted by atomic mass is 16.3. The highest BCUT2D eigenvalue weighted by Crippen LogP contribution is 2.48. The fourth-order valence-electron chi connectivity index (χ4n) is 5.43. The molecule has 0 aliphatic carbocycles. The molecular formula is C44H32O. The lowest BCUT2D eigenvalue weighted by Crippen LogP contribution is -1.97. The van der Waals surface area contributed by atoms with Crippen molar-refractivity contribution in [2.45, 2.75) is 0 Å². The molecule has 6 aromatic carbocycles. The second kappa shape index (κ2) is 11.6. The molecule has 0 unspecified atom stereocenters. The lowest BCUT2D eigenvalue weighted by atomic mass is 9.82.